The number of aliphatic carboxylic acids is 1. The summed E-state index contributed by atoms with van der Waals surface area (Å²) < 4.78 is 0. The highest BCUT2D eigenvalue weighted by Gasteiger charge is 2.43. The zero-order valence-electron chi connectivity index (χ0n) is 9.35. The van der Waals surface area contributed by atoms with Gasteiger partial charge in [-0.3, -0.25) is 9.69 Å². The van der Waals surface area contributed by atoms with E-state index in [1.165, 1.54) is 0 Å². The number of carbonyl (C=O) groups is 1. The summed E-state index contributed by atoms with van der Waals surface area (Å²) >= 11 is 1.63. The number of likely N-dealkylation sites (tertiary alicyclic amines) is 1. The average molecular weight is 240 g/mol. The molecule has 5 heteroatoms. The molecule has 1 unspecified atom stereocenters. The third-order valence-electron chi connectivity index (χ3n) is 3.41. The van der Waals surface area contributed by atoms with Crippen molar-refractivity contribution in [2.24, 2.45) is 5.41 Å². The molecule has 1 aliphatic rings. The monoisotopic (exact) mass is 240 g/mol. The molecule has 0 aliphatic carbocycles. The van der Waals surface area contributed by atoms with Crippen molar-refractivity contribution in [3.63, 3.8) is 0 Å². The van der Waals surface area contributed by atoms with Crippen molar-refractivity contribution < 1.29 is 9.90 Å². The van der Waals surface area contributed by atoms with Crippen LogP contribution in [0.4, 0.5) is 0 Å². The van der Waals surface area contributed by atoms with Crippen LogP contribution in [0.25, 0.3) is 0 Å². The van der Waals surface area contributed by atoms with Gasteiger partial charge in [0.25, 0.3) is 0 Å². The van der Waals surface area contributed by atoms with Crippen molar-refractivity contribution in [3.05, 3.63) is 16.6 Å². The first-order valence-electron chi connectivity index (χ1n) is 5.50. The highest BCUT2D eigenvalue weighted by molar-refractivity contribution is 7.09. The molecule has 1 saturated heterocycles. The van der Waals surface area contributed by atoms with Gasteiger partial charge in [0.15, 0.2) is 0 Å². The van der Waals surface area contributed by atoms with Gasteiger partial charge >= 0.3 is 5.97 Å². The van der Waals surface area contributed by atoms with Gasteiger partial charge in [-0.05, 0) is 19.4 Å². The van der Waals surface area contributed by atoms with Crippen LogP contribution in [-0.4, -0.2) is 34.0 Å². The lowest BCUT2D eigenvalue weighted by Gasteiger charge is -2.22. The number of hydrogen-bond acceptors (Lipinski definition) is 4. The van der Waals surface area contributed by atoms with Crippen molar-refractivity contribution in [3.8, 4) is 0 Å². The summed E-state index contributed by atoms with van der Waals surface area (Å²) in [6, 6.07) is 0. The van der Waals surface area contributed by atoms with E-state index in [0.717, 1.165) is 24.5 Å². The van der Waals surface area contributed by atoms with Crippen LogP contribution in [-0.2, 0) is 11.3 Å². The molecule has 1 fully saturated rings. The van der Waals surface area contributed by atoms with Crippen LogP contribution < -0.4 is 0 Å². The van der Waals surface area contributed by atoms with Gasteiger partial charge in [0, 0.05) is 18.1 Å². The molecule has 2 rings (SSSR count). The second-order valence-corrected chi connectivity index (χ2v) is 5.30. The zero-order valence-corrected chi connectivity index (χ0v) is 10.2. The lowest BCUT2D eigenvalue weighted by atomic mass is 9.84. The van der Waals surface area contributed by atoms with Crippen LogP contribution >= 0.6 is 11.3 Å². The van der Waals surface area contributed by atoms with Gasteiger partial charge < -0.3 is 5.11 Å². The van der Waals surface area contributed by atoms with Crippen molar-refractivity contribution in [1.82, 2.24) is 9.88 Å². The summed E-state index contributed by atoms with van der Waals surface area (Å²) in [6.45, 7) is 4.26. The molecule has 0 saturated carbocycles. The van der Waals surface area contributed by atoms with Gasteiger partial charge in [-0.1, -0.05) is 6.92 Å². The molecule has 1 aromatic heterocycles. The smallest absolute Gasteiger partial charge is 0.310 e. The van der Waals surface area contributed by atoms with Gasteiger partial charge in [-0.25, -0.2) is 4.98 Å². The fourth-order valence-corrected chi connectivity index (χ4v) is 2.89. The SMILES string of the molecule is CCC1(C(=O)O)CCN(Cc2nccs2)C1. The lowest BCUT2D eigenvalue weighted by Crippen LogP contribution is -2.33. The van der Waals surface area contributed by atoms with E-state index in [1.54, 1.807) is 17.5 Å². The summed E-state index contributed by atoms with van der Waals surface area (Å²) in [6.07, 6.45) is 3.25. The zero-order chi connectivity index (χ0) is 11.6. The maximum Gasteiger partial charge on any atom is 0.310 e. The molecule has 1 aromatic rings. The molecule has 0 aromatic carbocycles. The predicted octanol–water partition coefficient (Wildman–Crippen LogP) is 1.83. The fourth-order valence-electron chi connectivity index (χ4n) is 2.23. The first-order valence-corrected chi connectivity index (χ1v) is 6.38. The van der Waals surface area contributed by atoms with Gasteiger partial charge in [0.1, 0.15) is 5.01 Å². The fraction of sp³-hybridized carbons (Fsp3) is 0.636. The maximum absolute atomic E-state index is 11.3. The largest absolute Gasteiger partial charge is 0.481 e. The molecule has 1 N–H and O–H groups in total. The summed E-state index contributed by atoms with van der Waals surface area (Å²) in [5.41, 5.74) is -0.530. The Kier molecular flexibility index (Phi) is 3.25. The van der Waals surface area contributed by atoms with Crippen molar-refractivity contribution in [2.75, 3.05) is 13.1 Å². The highest BCUT2D eigenvalue weighted by atomic mass is 32.1. The molecule has 1 atom stereocenters. The van der Waals surface area contributed by atoms with Gasteiger partial charge in [0.05, 0.1) is 12.0 Å². The number of nitrogens with zero attached hydrogens (tertiary/aromatic N) is 2. The Morgan fingerprint density at radius 1 is 1.75 bits per heavy atom. The van der Waals surface area contributed by atoms with Gasteiger partial charge in [0.2, 0.25) is 0 Å². The van der Waals surface area contributed by atoms with Crippen molar-refractivity contribution in [1.29, 1.82) is 0 Å². The first-order chi connectivity index (χ1) is 7.66. The van der Waals surface area contributed by atoms with Crippen molar-refractivity contribution >= 4 is 17.3 Å². The molecule has 16 heavy (non-hydrogen) atoms. The Balaban J connectivity index is 1.99. The van der Waals surface area contributed by atoms with E-state index in [0.29, 0.717) is 13.0 Å². The molecule has 4 nitrogen and oxygen atoms in total. The summed E-state index contributed by atoms with van der Waals surface area (Å²) in [7, 11) is 0. The predicted molar refractivity (Wildman–Crippen MR) is 62.4 cm³/mol. The van der Waals surface area contributed by atoms with E-state index >= 15 is 0 Å². The van der Waals surface area contributed by atoms with E-state index in [-0.39, 0.29) is 0 Å². The minimum Gasteiger partial charge on any atom is -0.481 e. The summed E-state index contributed by atoms with van der Waals surface area (Å²) in [4.78, 5) is 17.7. The molecule has 0 spiro atoms. The minimum absolute atomic E-state index is 0.530. The van der Waals surface area contributed by atoms with E-state index < -0.39 is 11.4 Å². The van der Waals surface area contributed by atoms with E-state index in [1.807, 2.05) is 12.3 Å². The average Bonchev–Trinajstić information content (AvgIpc) is 2.88. The molecule has 88 valence electrons. The highest BCUT2D eigenvalue weighted by Crippen LogP contribution is 2.34. The van der Waals surface area contributed by atoms with Crippen LogP contribution in [0.15, 0.2) is 11.6 Å². The summed E-state index contributed by atoms with van der Waals surface area (Å²) in [5, 5.41) is 12.3. The molecule has 1 aliphatic heterocycles. The minimum atomic E-state index is -0.656. The van der Waals surface area contributed by atoms with Crippen LogP contribution in [0.1, 0.15) is 24.8 Å². The molecule has 0 radical (unpaired) electrons. The lowest BCUT2D eigenvalue weighted by molar-refractivity contribution is -0.148. The topological polar surface area (TPSA) is 53.4 Å². The third-order valence-corrected chi connectivity index (χ3v) is 4.17. The first kappa shape index (κ1) is 11.5. The third kappa shape index (κ3) is 2.10. The number of rotatable bonds is 4. The Labute approximate surface area is 98.9 Å². The Hall–Kier alpha value is -0.940. The van der Waals surface area contributed by atoms with Gasteiger partial charge in [-0.15, -0.1) is 11.3 Å². The van der Waals surface area contributed by atoms with Crippen LogP contribution in [0, 0.1) is 5.41 Å². The Bertz CT molecular complexity index is 366. The second kappa shape index (κ2) is 4.51. The van der Waals surface area contributed by atoms with Crippen molar-refractivity contribution in [2.45, 2.75) is 26.3 Å². The normalized spacial score (nSPS) is 26.1. The quantitative estimate of drug-likeness (QED) is 0.872. The molecule has 0 bridgehead atoms. The Morgan fingerprint density at radius 3 is 3.06 bits per heavy atom. The molecule has 0 amide bonds. The number of hydrogen-bond donors (Lipinski definition) is 1. The number of aromatic nitrogens is 1. The van der Waals surface area contributed by atoms with Crippen LogP contribution in [0.5, 0.6) is 0 Å². The number of carboxylic acid groups (broad SMARTS) is 1. The van der Waals surface area contributed by atoms with E-state index in [4.69, 9.17) is 0 Å². The number of thiazole rings is 1. The number of carboxylic acids is 1. The second-order valence-electron chi connectivity index (χ2n) is 4.33. The van der Waals surface area contributed by atoms with E-state index in [2.05, 4.69) is 9.88 Å². The van der Waals surface area contributed by atoms with Crippen LogP contribution in [0.3, 0.4) is 0 Å². The molecular weight excluding hydrogens is 224 g/mol. The van der Waals surface area contributed by atoms with Crippen LogP contribution in [0.2, 0.25) is 0 Å². The maximum atomic E-state index is 11.3. The molecular formula is C11H16N2O2S. The van der Waals surface area contributed by atoms with Gasteiger partial charge in [-0.2, -0.15) is 0 Å². The Morgan fingerprint density at radius 2 is 2.56 bits per heavy atom. The van der Waals surface area contributed by atoms with E-state index in [9.17, 15) is 9.90 Å². The molecule has 2 heterocycles. The summed E-state index contributed by atoms with van der Waals surface area (Å²) in [5.74, 6) is -0.656. The standard InChI is InChI=1S/C11H16N2O2S/c1-2-11(10(14)15)3-5-13(8-11)7-9-12-4-6-16-9/h4,6H,2-3,5,7-8H2,1H3,(H,14,15).